The summed E-state index contributed by atoms with van der Waals surface area (Å²) in [6.07, 6.45) is 0.565. The van der Waals surface area contributed by atoms with E-state index in [9.17, 15) is 4.79 Å². The third-order valence-corrected chi connectivity index (χ3v) is 7.11. The van der Waals surface area contributed by atoms with Gasteiger partial charge in [-0.15, -0.1) is 0 Å². The lowest BCUT2D eigenvalue weighted by Crippen LogP contribution is -2.59. The number of methoxy groups -OCH3 is 2. The van der Waals surface area contributed by atoms with Crippen LogP contribution in [0.25, 0.3) is 0 Å². The number of esters is 1. The zero-order chi connectivity index (χ0) is 19.2. The molecule has 6 rings (SSSR count). The maximum absolute atomic E-state index is 11.9. The van der Waals surface area contributed by atoms with Crippen LogP contribution >= 0.6 is 0 Å². The van der Waals surface area contributed by atoms with E-state index in [1.165, 1.54) is 6.92 Å². The monoisotopic (exact) mass is 389 g/mol. The van der Waals surface area contributed by atoms with E-state index < -0.39 is 5.41 Å². The number of fused-ring (bicyclic) bond motifs is 3. The molecule has 8 nitrogen and oxygen atoms in total. The Morgan fingerprint density at radius 2 is 2.18 bits per heavy atom. The molecule has 0 N–H and O–H groups in total. The molecule has 7 atom stereocenters. The largest absolute Gasteiger partial charge is 0.492 e. The molecule has 0 amide bonds. The molecule has 3 fully saturated rings. The van der Waals surface area contributed by atoms with Gasteiger partial charge in [-0.25, -0.2) is 0 Å². The number of hydrogen-bond acceptors (Lipinski definition) is 8. The highest BCUT2D eigenvalue weighted by Gasteiger charge is 2.75. The van der Waals surface area contributed by atoms with Crippen LogP contribution in [0.15, 0.2) is 6.07 Å². The smallest absolute Gasteiger partial charge is 0.302 e. The van der Waals surface area contributed by atoms with Crippen molar-refractivity contribution in [2.24, 2.45) is 0 Å². The van der Waals surface area contributed by atoms with Crippen LogP contribution in [0.3, 0.4) is 0 Å². The van der Waals surface area contributed by atoms with Gasteiger partial charge < -0.3 is 28.4 Å². The molecule has 1 aliphatic carbocycles. The summed E-state index contributed by atoms with van der Waals surface area (Å²) >= 11 is 0. The average Bonchev–Trinajstić information content (AvgIpc) is 3.29. The van der Waals surface area contributed by atoms with Gasteiger partial charge in [0.1, 0.15) is 18.3 Å². The minimum absolute atomic E-state index is 0.0154. The molecule has 1 aromatic rings. The number of carbonyl (C=O) groups excluding carboxylic acids is 1. The molecule has 0 radical (unpaired) electrons. The minimum Gasteiger partial charge on any atom is -0.492 e. The second-order valence-electron chi connectivity index (χ2n) is 8.18. The quantitative estimate of drug-likeness (QED) is 0.559. The first-order chi connectivity index (χ1) is 13.6. The number of carbonyl (C=O) groups is 1. The molecule has 0 aromatic heterocycles. The third kappa shape index (κ3) is 1.88. The Bertz CT molecular complexity index is 873. The van der Waals surface area contributed by atoms with Crippen molar-refractivity contribution in [3.8, 4) is 17.2 Å². The topological polar surface area (TPSA) is 79.0 Å². The van der Waals surface area contributed by atoms with E-state index in [0.717, 1.165) is 17.5 Å². The van der Waals surface area contributed by atoms with Gasteiger partial charge in [-0.2, -0.15) is 0 Å². The first-order valence-electron chi connectivity index (χ1n) is 9.69. The molecule has 1 saturated carbocycles. The van der Waals surface area contributed by atoms with Gasteiger partial charge in [0.25, 0.3) is 0 Å². The second kappa shape index (κ2) is 5.52. The summed E-state index contributed by atoms with van der Waals surface area (Å²) in [5, 5.41) is 0. The summed E-state index contributed by atoms with van der Waals surface area (Å²) in [6, 6.07) is 2.22. The van der Waals surface area contributed by atoms with E-state index in [-0.39, 0.29) is 43.2 Å². The number of rotatable bonds is 3. The lowest BCUT2D eigenvalue weighted by molar-refractivity contribution is -0.149. The first kappa shape index (κ1) is 16.9. The molecule has 1 aromatic carbocycles. The van der Waals surface area contributed by atoms with Gasteiger partial charge in [0.05, 0.1) is 18.6 Å². The predicted molar refractivity (Wildman–Crippen MR) is 94.6 cm³/mol. The SMILES string of the molecule is COc1c2c(cc3c1OCO3)[C@@]13[C@@H](OC(C)=O)CN(C2)[C@@H]1C[C@@H](OC)[C@@H]1O[C@@H]13. The average molecular weight is 389 g/mol. The summed E-state index contributed by atoms with van der Waals surface area (Å²) < 4.78 is 34.9. The zero-order valence-corrected chi connectivity index (χ0v) is 16.1. The predicted octanol–water partition coefficient (Wildman–Crippen LogP) is 0.977. The summed E-state index contributed by atoms with van der Waals surface area (Å²) in [4.78, 5) is 14.3. The van der Waals surface area contributed by atoms with Crippen LogP contribution in [0.4, 0.5) is 0 Å². The van der Waals surface area contributed by atoms with Crippen molar-refractivity contribution >= 4 is 5.97 Å². The highest BCUT2D eigenvalue weighted by molar-refractivity contribution is 5.68. The Hall–Kier alpha value is -2.03. The summed E-state index contributed by atoms with van der Waals surface area (Å²) in [5.74, 6) is 1.77. The molecule has 1 unspecified atom stereocenters. The fourth-order valence-electron chi connectivity index (χ4n) is 6.13. The highest BCUT2D eigenvalue weighted by atomic mass is 16.7. The van der Waals surface area contributed by atoms with Crippen molar-refractivity contribution in [2.45, 2.75) is 55.8 Å². The fourth-order valence-corrected chi connectivity index (χ4v) is 6.13. The maximum Gasteiger partial charge on any atom is 0.302 e. The number of benzene rings is 1. The van der Waals surface area contributed by atoms with Gasteiger partial charge in [-0.05, 0) is 18.1 Å². The number of ether oxygens (including phenoxy) is 6. The Labute approximate surface area is 162 Å². The molecule has 2 bridgehead atoms. The van der Waals surface area contributed by atoms with E-state index in [2.05, 4.69) is 11.0 Å². The molecule has 28 heavy (non-hydrogen) atoms. The van der Waals surface area contributed by atoms with E-state index >= 15 is 0 Å². The van der Waals surface area contributed by atoms with Crippen LogP contribution in [0.2, 0.25) is 0 Å². The van der Waals surface area contributed by atoms with Gasteiger partial charge in [0.15, 0.2) is 11.5 Å². The third-order valence-electron chi connectivity index (χ3n) is 7.11. The molecule has 4 heterocycles. The summed E-state index contributed by atoms with van der Waals surface area (Å²) in [6.45, 7) is 3.01. The van der Waals surface area contributed by atoms with Crippen molar-refractivity contribution in [3.05, 3.63) is 17.2 Å². The van der Waals surface area contributed by atoms with E-state index in [0.29, 0.717) is 30.3 Å². The highest BCUT2D eigenvalue weighted by Crippen LogP contribution is 2.63. The Kier molecular flexibility index (Phi) is 3.33. The van der Waals surface area contributed by atoms with Gasteiger partial charge in [-0.3, -0.25) is 9.69 Å². The molecular weight excluding hydrogens is 366 g/mol. The van der Waals surface area contributed by atoms with Crippen LogP contribution < -0.4 is 14.2 Å². The molecule has 0 spiro atoms. The normalized spacial score (nSPS) is 41.0. The molecule has 4 aliphatic heterocycles. The summed E-state index contributed by atoms with van der Waals surface area (Å²) in [7, 11) is 3.39. The maximum atomic E-state index is 11.9. The fraction of sp³-hybridized carbons (Fsp3) is 0.650. The Morgan fingerprint density at radius 3 is 2.93 bits per heavy atom. The van der Waals surface area contributed by atoms with Gasteiger partial charge in [0, 0.05) is 38.7 Å². The van der Waals surface area contributed by atoms with Crippen molar-refractivity contribution < 1.29 is 33.2 Å². The van der Waals surface area contributed by atoms with Crippen LogP contribution in [-0.2, 0) is 31.0 Å². The van der Waals surface area contributed by atoms with Crippen LogP contribution in [0.1, 0.15) is 24.5 Å². The van der Waals surface area contributed by atoms with Gasteiger partial charge >= 0.3 is 5.97 Å². The molecule has 5 aliphatic rings. The summed E-state index contributed by atoms with van der Waals surface area (Å²) in [5.41, 5.74) is 1.72. The molecule has 150 valence electrons. The number of epoxide rings is 1. The minimum atomic E-state index is -0.451. The van der Waals surface area contributed by atoms with Gasteiger partial charge in [0.2, 0.25) is 12.5 Å². The number of hydrogen-bond donors (Lipinski definition) is 0. The van der Waals surface area contributed by atoms with E-state index in [1.54, 1.807) is 14.2 Å². The van der Waals surface area contributed by atoms with Crippen molar-refractivity contribution in [1.82, 2.24) is 4.90 Å². The van der Waals surface area contributed by atoms with Crippen molar-refractivity contribution in [2.75, 3.05) is 27.6 Å². The Morgan fingerprint density at radius 1 is 1.32 bits per heavy atom. The standard InChI is InChI=1S/C20H23NO7/c1-9(22)27-15-7-21-6-10-11(4-13-17(16(10)24-3)26-8-25-13)20(15)14(21)5-12(23-2)18-19(20)28-18/h4,12,14-15,18-19H,5-8H2,1-3H3/t12-,14-,15+,18+,19+,20+/m1/s1. The lowest BCUT2D eigenvalue weighted by Gasteiger charge is -2.47. The van der Waals surface area contributed by atoms with Crippen LogP contribution in [-0.4, -0.2) is 68.9 Å². The zero-order valence-electron chi connectivity index (χ0n) is 16.1. The Balaban J connectivity index is 1.58. The van der Waals surface area contributed by atoms with Crippen LogP contribution in [0.5, 0.6) is 17.2 Å². The van der Waals surface area contributed by atoms with Gasteiger partial charge in [-0.1, -0.05) is 0 Å². The first-order valence-corrected chi connectivity index (χ1v) is 9.69. The molecule has 8 heteroatoms. The number of nitrogens with zero attached hydrogens (tertiary/aromatic N) is 1. The van der Waals surface area contributed by atoms with E-state index in [1.807, 2.05) is 0 Å². The van der Waals surface area contributed by atoms with Crippen molar-refractivity contribution in [3.63, 3.8) is 0 Å². The lowest BCUT2D eigenvalue weighted by atomic mass is 9.61. The molecule has 2 saturated heterocycles. The van der Waals surface area contributed by atoms with Crippen LogP contribution in [0, 0.1) is 0 Å². The molecular formula is C20H23NO7. The van der Waals surface area contributed by atoms with Crippen molar-refractivity contribution in [1.29, 1.82) is 0 Å². The second-order valence-corrected chi connectivity index (χ2v) is 8.18. The van der Waals surface area contributed by atoms with E-state index in [4.69, 9.17) is 28.4 Å².